The Kier molecular flexibility index (Phi) is 5.28. The van der Waals surface area contributed by atoms with E-state index in [1.165, 1.54) is 7.11 Å². The molecular weight excluding hydrogens is 302 g/mol. The largest absolute Gasteiger partial charge is 0.496 e. The summed E-state index contributed by atoms with van der Waals surface area (Å²) in [6.07, 6.45) is 0.108. The fourth-order valence-electron chi connectivity index (χ4n) is 1.95. The number of amides is 1. The summed E-state index contributed by atoms with van der Waals surface area (Å²) < 4.78 is 10.7. The van der Waals surface area contributed by atoms with Crippen molar-refractivity contribution in [2.24, 2.45) is 0 Å². The molecule has 0 saturated heterocycles. The molecule has 0 radical (unpaired) electrons. The van der Waals surface area contributed by atoms with Gasteiger partial charge in [0.05, 0.1) is 18.8 Å². The number of halogens is 1. The van der Waals surface area contributed by atoms with Crippen LogP contribution in [0.1, 0.15) is 24.2 Å². The molecule has 5 heteroatoms. The van der Waals surface area contributed by atoms with Gasteiger partial charge in [0, 0.05) is 10.7 Å². The second-order valence-electron chi connectivity index (χ2n) is 4.99. The van der Waals surface area contributed by atoms with Gasteiger partial charge in [0.1, 0.15) is 11.5 Å². The van der Waals surface area contributed by atoms with Crippen LogP contribution >= 0.6 is 11.6 Å². The van der Waals surface area contributed by atoms with E-state index in [9.17, 15) is 4.79 Å². The van der Waals surface area contributed by atoms with Crippen LogP contribution in [0.3, 0.4) is 0 Å². The Morgan fingerprint density at radius 2 is 1.82 bits per heavy atom. The number of benzene rings is 2. The first-order valence-corrected chi connectivity index (χ1v) is 7.29. The Morgan fingerprint density at radius 1 is 1.14 bits per heavy atom. The molecule has 1 N–H and O–H groups in total. The molecule has 0 heterocycles. The molecule has 2 aromatic rings. The summed E-state index contributed by atoms with van der Waals surface area (Å²) in [7, 11) is 1.51. The molecule has 0 bridgehead atoms. The second-order valence-corrected chi connectivity index (χ2v) is 5.43. The molecule has 4 nitrogen and oxygen atoms in total. The average molecular weight is 320 g/mol. The van der Waals surface area contributed by atoms with Gasteiger partial charge in [0.2, 0.25) is 0 Å². The number of hydrogen-bond donors (Lipinski definition) is 1. The highest BCUT2D eigenvalue weighted by Crippen LogP contribution is 2.24. The van der Waals surface area contributed by atoms with Crippen LogP contribution in [-0.4, -0.2) is 19.1 Å². The zero-order chi connectivity index (χ0) is 16.1. The molecule has 0 aromatic heterocycles. The first-order chi connectivity index (χ1) is 10.5. The SMILES string of the molecule is COc1ccc(Cl)cc1C(=O)Nc1ccc(OC(C)C)cc1. The third-order valence-corrected chi connectivity index (χ3v) is 3.13. The Morgan fingerprint density at radius 3 is 2.41 bits per heavy atom. The van der Waals surface area contributed by atoms with Crippen LogP contribution in [0.2, 0.25) is 5.02 Å². The zero-order valence-corrected chi connectivity index (χ0v) is 13.5. The molecule has 1 amide bonds. The molecule has 0 saturated carbocycles. The van der Waals surface area contributed by atoms with Crippen LogP contribution in [-0.2, 0) is 0 Å². The van der Waals surface area contributed by atoms with Crippen LogP contribution in [0.15, 0.2) is 42.5 Å². The summed E-state index contributed by atoms with van der Waals surface area (Å²) in [5.74, 6) is 0.951. The Hall–Kier alpha value is -2.20. The van der Waals surface area contributed by atoms with Crippen LogP contribution in [0.25, 0.3) is 0 Å². The Bertz CT molecular complexity index is 653. The van der Waals surface area contributed by atoms with Gasteiger partial charge in [-0.05, 0) is 56.3 Å². The van der Waals surface area contributed by atoms with Crippen molar-refractivity contribution >= 4 is 23.2 Å². The van der Waals surface area contributed by atoms with Crippen molar-refractivity contribution < 1.29 is 14.3 Å². The minimum absolute atomic E-state index is 0.108. The lowest BCUT2D eigenvalue weighted by atomic mass is 10.2. The number of ether oxygens (including phenoxy) is 2. The maximum Gasteiger partial charge on any atom is 0.259 e. The standard InChI is InChI=1S/C17H18ClNO3/c1-11(2)22-14-7-5-13(6-8-14)19-17(20)15-10-12(18)4-9-16(15)21-3/h4-11H,1-3H3,(H,19,20). The second kappa shape index (κ2) is 7.18. The topological polar surface area (TPSA) is 47.6 Å². The van der Waals surface area contributed by atoms with E-state index >= 15 is 0 Å². The summed E-state index contributed by atoms with van der Waals surface area (Å²) in [4.78, 5) is 12.3. The summed E-state index contributed by atoms with van der Waals surface area (Å²) >= 11 is 5.94. The zero-order valence-electron chi connectivity index (χ0n) is 12.7. The van der Waals surface area contributed by atoms with E-state index < -0.39 is 0 Å². The highest BCUT2D eigenvalue weighted by molar-refractivity contribution is 6.31. The Balaban J connectivity index is 2.13. The van der Waals surface area contributed by atoms with Gasteiger partial charge in [-0.25, -0.2) is 0 Å². The summed E-state index contributed by atoms with van der Waals surface area (Å²) in [6.45, 7) is 3.92. The van der Waals surface area contributed by atoms with E-state index in [0.717, 1.165) is 5.75 Å². The maximum absolute atomic E-state index is 12.3. The quantitative estimate of drug-likeness (QED) is 0.889. The summed E-state index contributed by atoms with van der Waals surface area (Å²) in [6, 6.07) is 12.1. The van der Waals surface area contributed by atoms with E-state index in [2.05, 4.69) is 5.32 Å². The van der Waals surface area contributed by atoms with Gasteiger partial charge in [-0.3, -0.25) is 4.79 Å². The number of rotatable bonds is 5. The average Bonchev–Trinajstić information content (AvgIpc) is 2.48. The predicted molar refractivity (Wildman–Crippen MR) is 88.2 cm³/mol. The van der Waals surface area contributed by atoms with Gasteiger partial charge in [0.25, 0.3) is 5.91 Å². The molecule has 0 unspecified atom stereocenters. The fraction of sp³-hybridized carbons (Fsp3) is 0.235. The van der Waals surface area contributed by atoms with Crippen LogP contribution in [0, 0.1) is 0 Å². The lowest BCUT2D eigenvalue weighted by molar-refractivity contribution is 0.102. The first kappa shape index (κ1) is 16.2. The van der Waals surface area contributed by atoms with Crippen molar-refractivity contribution in [1.29, 1.82) is 0 Å². The number of nitrogens with one attached hydrogen (secondary N) is 1. The third kappa shape index (κ3) is 4.15. The van der Waals surface area contributed by atoms with E-state index in [-0.39, 0.29) is 12.0 Å². The van der Waals surface area contributed by atoms with Crippen molar-refractivity contribution in [2.45, 2.75) is 20.0 Å². The molecular formula is C17H18ClNO3. The molecule has 2 rings (SSSR count). The number of methoxy groups -OCH3 is 1. The highest BCUT2D eigenvalue weighted by atomic mass is 35.5. The van der Waals surface area contributed by atoms with Crippen molar-refractivity contribution in [3.8, 4) is 11.5 Å². The molecule has 0 aliphatic carbocycles. The van der Waals surface area contributed by atoms with Gasteiger partial charge < -0.3 is 14.8 Å². The normalized spacial score (nSPS) is 10.4. The minimum Gasteiger partial charge on any atom is -0.496 e. The molecule has 116 valence electrons. The first-order valence-electron chi connectivity index (χ1n) is 6.91. The molecule has 0 aliphatic rings. The van der Waals surface area contributed by atoms with Gasteiger partial charge >= 0.3 is 0 Å². The van der Waals surface area contributed by atoms with Crippen molar-refractivity contribution in [3.63, 3.8) is 0 Å². The van der Waals surface area contributed by atoms with E-state index in [4.69, 9.17) is 21.1 Å². The summed E-state index contributed by atoms with van der Waals surface area (Å²) in [5.41, 5.74) is 1.06. The number of carbonyl (C=O) groups excluding carboxylic acids is 1. The van der Waals surface area contributed by atoms with Crippen molar-refractivity contribution in [2.75, 3.05) is 12.4 Å². The lowest BCUT2D eigenvalue weighted by Crippen LogP contribution is -2.13. The fourth-order valence-corrected chi connectivity index (χ4v) is 2.12. The molecule has 22 heavy (non-hydrogen) atoms. The van der Waals surface area contributed by atoms with Crippen LogP contribution in [0.4, 0.5) is 5.69 Å². The molecule has 0 fully saturated rings. The van der Waals surface area contributed by atoms with Gasteiger partial charge in [-0.15, -0.1) is 0 Å². The highest BCUT2D eigenvalue weighted by Gasteiger charge is 2.13. The molecule has 0 atom stereocenters. The number of anilines is 1. The van der Waals surface area contributed by atoms with Crippen molar-refractivity contribution in [3.05, 3.63) is 53.1 Å². The smallest absolute Gasteiger partial charge is 0.259 e. The van der Waals surface area contributed by atoms with Gasteiger partial charge in [-0.2, -0.15) is 0 Å². The van der Waals surface area contributed by atoms with E-state index in [1.807, 2.05) is 26.0 Å². The van der Waals surface area contributed by atoms with E-state index in [1.54, 1.807) is 30.3 Å². The number of carbonyl (C=O) groups is 1. The molecule has 2 aromatic carbocycles. The van der Waals surface area contributed by atoms with Crippen molar-refractivity contribution in [1.82, 2.24) is 0 Å². The predicted octanol–water partition coefficient (Wildman–Crippen LogP) is 4.39. The monoisotopic (exact) mass is 319 g/mol. The maximum atomic E-state index is 12.3. The van der Waals surface area contributed by atoms with Gasteiger partial charge in [-0.1, -0.05) is 11.6 Å². The lowest BCUT2D eigenvalue weighted by Gasteiger charge is -2.12. The number of hydrogen-bond acceptors (Lipinski definition) is 3. The molecule has 0 aliphatic heterocycles. The van der Waals surface area contributed by atoms with E-state index in [0.29, 0.717) is 22.0 Å². The Labute approximate surface area is 135 Å². The van der Waals surface area contributed by atoms with Gasteiger partial charge in [0.15, 0.2) is 0 Å². The minimum atomic E-state index is -0.281. The summed E-state index contributed by atoms with van der Waals surface area (Å²) in [5, 5.41) is 3.29. The van der Waals surface area contributed by atoms with Crippen LogP contribution < -0.4 is 14.8 Å². The molecule has 0 spiro atoms. The van der Waals surface area contributed by atoms with Crippen LogP contribution in [0.5, 0.6) is 11.5 Å². The third-order valence-electron chi connectivity index (χ3n) is 2.89.